The van der Waals surface area contributed by atoms with E-state index in [1.54, 1.807) is 18.2 Å². The summed E-state index contributed by atoms with van der Waals surface area (Å²) in [6, 6.07) is 5.15. The lowest BCUT2D eigenvalue weighted by atomic mass is 10.1. The molecule has 0 aliphatic heterocycles. The number of aryl methyl sites for hydroxylation is 1. The van der Waals surface area contributed by atoms with Gasteiger partial charge in [0.2, 0.25) is 5.91 Å². The van der Waals surface area contributed by atoms with Crippen LogP contribution >= 0.6 is 0 Å². The van der Waals surface area contributed by atoms with Crippen molar-refractivity contribution in [2.24, 2.45) is 5.92 Å². The van der Waals surface area contributed by atoms with E-state index in [0.717, 1.165) is 18.4 Å². The smallest absolute Gasteiger partial charge is 0.337 e. The van der Waals surface area contributed by atoms with E-state index in [1.807, 2.05) is 6.92 Å². The maximum atomic E-state index is 11.4. The van der Waals surface area contributed by atoms with Crippen molar-refractivity contribution < 1.29 is 14.7 Å². The second-order valence-corrected chi connectivity index (χ2v) is 4.85. The molecule has 0 heterocycles. The standard InChI is InChI=1S/C14H18N2O3/c1-9-2-5-11(14(18)19)12(8-9)15-6-7-16-13(17)10-3-4-10/h2,5,8,10,15H,3-4,6-7H2,1H3,(H,16,17)(H,18,19). The van der Waals surface area contributed by atoms with Crippen molar-refractivity contribution >= 4 is 17.6 Å². The molecule has 1 aromatic carbocycles. The van der Waals surface area contributed by atoms with Gasteiger partial charge >= 0.3 is 5.97 Å². The third-order valence-corrected chi connectivity index (χ3v) is 3.09. The van der Waals surface area contributed by atoms with E-state index in [9.17, 15) is 9.59 Å². The SMILES string of the molecule is Cc1ccc(C(=O)O)c(NCCNC(=O)C2CC2)c1. The monoisotopic (exact) mass is 262 g/mol. The fraction of sp³-hybridized carbons (Fsp3) is 0.429. The Labute approximate surface area is 112 Å². The Morgan fingerprint density at radius 1 is 1.32 bits per heavy atom. The first-order chi connectivity index (χ1) is 9.08. The quantitative estimate of drug-likeness (QED) is 0.681. The van der Waals surface area contributed by atoms with Crippen LogP contribution in [0.5, 0.6) is 0 Å². The molecule has 0 radical (unpaired) electrons. The fourth-order valence-corrected chi connectivity index (χ4v) is 1.86. The minimum atomic E-state index is -0.954. The molecule has 1 amide bonds. The van der Waals surface area contributed by atoms with Gasteiger partial charge in [0.25, 0.3) is 0 Å². The van der Waals surface area contributed by atoms with Crippen LogP contribution in [0.4, 0.5) is 5.69 Å². The molecule has 1 saturated carbocycles. The van der Waals surface area contributed by atoms with Gasteiger partial charge in [-0.05, 0) is 37.5 Å². The molecule has 1 aliphatic rings. The van der Waals surface area contributed by atoms with Crippen LogP contribution in [0.25, 0.3) is 0 Å². The summed E-state index contributed by atoms with van der Waals surface area (Å²) < 4.78 is 0. The molecule has 1 fully saturated rings. The van der Waals surface area contributed by atoms with Gasteiger partial charge in [0, 0.05) is 24.7 Å². The lowest BCUT2D eigenvalue weighted by Crippen LogP contribution is -2.30. The molecule has 102 valence electrons. The second kappa shape index (κ2) is 5.73. The van der Waals surface area contributed by atoms with E-state index in [0.29, 0.717) is 18.8 Å². The average Bonchev–Trinajstić information content (AvgIpc) is 3.18. The molecular formula is C14H18N2O3. The van der Waals surface area contributed by atoms with Crippen LogP contribution in [-0.2, 0) is 4.79 Å². The number of carboxylic acid groups (broad SMARTS) is 1. The van der Waals surface area contributed by atoms with Crippen molar-refractivity contribution in [2.75, 3.05) is 18.4 Å². The first-order valence-electron chi connectivity index (χ1n) is 6.43. The number of carboxylic acids is 1. The van der Waals surface area contributed by atoms with E-state index in [4.69, 9.17) is 5.11 Å². The number of carbonyl (C=O) groups excluding carboxylic acids is 1. The van der Waals surface area contributed by atoms with Crippen LogP contribution in [-0.4, -0.2) is 30.1 Å². The van der Waals surface area contributed by atoms with Crippen LogP contribution < -0.4 is 10.6 Å². The maximum absolute atomic E-state index is 11.4. The number of hydrogen-bond donors (Lipinski definition) is 3. The summed E-state index contributed by atoms with van der Waals surface area (Å²) in [5.41, 5.74) is 1.84. The lowest BCUT2D eigenvalue weighted by molar-refractivity contribution is -0.122. The molecule has 3 N–H and O–H groups in total. The summed E-state index contributed by atoms with van der Waals surface area (Å²) in [6.45, 7) is 2.93. The largest absolute Gasteiger partial charge is 0.478 e. The summed E-state index contributed by atoms with van der Waals surface area (Å²) in [6.07, 6.45) is 1.97. The molecule has 2 rings (SSSR count). The Balaban J connectivity index is 1.85. The van der Waals surface area contributed by atoms with Crippen molar-refractivity contribution in [1.82, 2.24) is 5.32 Å². The number of amides is 1. The van der Waals surface area contributed by atoms with Crippen LogP contribution in [0.1, 0.15) is 28.8 Å². The Morgan fingerprint density at radius 3 is 2.68 bits per heavy atom. The molecule has 5 nitrogen and oxygen atoms in total. The summed E-state index contributed by atoms with van der Waals surface area (Å²) >= 11 is 0. The van der Waals surface area contributed by atoms with Crippen molar-refractivity contribution in [2.45, 2.75) is 19.8 Å². The highest BCUT2D eigenvalue weighted by molar-refractivity contribution is 5.94. The van der Waals surface area contributed by atoms with Crippen molar-refractivity contribution in [3.63, 3.8) is 0 Å². The number of carbonyl (C=O) groups is 2. The molecule has 0 saturated heterocycles. The predicted octanol–water partition coefficient (Wildman–Crippen LogP) is 1.63. The Bertz CT molecular complexity index is 495. The Kier molecular flexibility index (Phi) is 4.04. The van der Waals surface area contributed by atoms with Gasteiger partial charge in [-0.25, -0.2) is 4.79 Å². The average molecular weight is 262 g/mol. The summed E-state index contributed by atoms with van der Waals surface area (Å²) in [7, 11) is 0. The van der Waals surface area contributed by atoms with Crippen LogP contribution in [0.3, 0.4) is 0 Å². The Hall–Kier alpha value is -2.04. The van der Waals surface area contributed by atoms with Gasteiger partial charge in [-0.2, -0.15) is 0 Å². The normalized spacial score (nSPS) is 13.9. The first kappa shape index (κ1) is 13.4. The van der Waals surface area contributed by atoms with Crippen LogP contribution in [0.15, 0.2) is 18.2 Å². The van der Waals surface area contributed by atoms with Gasteiger partial charge in [-0.1, -0.05) is 6.07 Å². The number of nitrogens with one attached hydrogen (secondary N) is 2. The number of anilines is 1. The fourth-order valence-electron chi connectivity index (χ4n) is 1.86. The van der Waals surface area contributed by atoms with E-state index in [2.05, 4.69) is 10.6 Å². The minimum Gasteiger partial charge on any atom is -0.478 e. The zero-order valence-corrected chi connectivity index (χ0v) is 10.9. The predicted molar refractivity (Wildman–Crippen MR) is 72.4 cm³/mol. The Morgan fingerprint density at radius 2 is 2.05 bits per heavy atom. The molecule has 5 heteroatoms. The maximum Gasteiger partial charge on any atom is 0.337 e. The van der Waals surface area contributed by atoms with E-state index in [1.165, 1.54) is 0 Å². The van der Waals surface area contributed by atoms with Crippen molar-refractivity contribution in [3.05, 3.63) is 29.3 Å². The lowest BCUT2D eigenvalue weighted by Gasteiger charge is -2.11. The van der Waals surface area contributed by atoms with Gasteiger partial charge in [0.15, 0.2) is 0 Å². The molecule has 1 aromatic rings. The van der Waals surface area contributed by atoms with Crippen LogP contribution in [0.2, 0.25) is 0 Å². The van der Waals surface area contributed by atoms with Gasteiger partial charge in [-0.3, -0.25) is 4.79 Å². The van der Waals surface area contributed by atoms with Crippen LogP contribution in [0, 0.1) is 12.8 Å². The van der Waals surface area contributed by atoms with E-state index < -0.39 is 5.97 Å². The zero-order valence-electron chi connectivity index (χ0n) is 10.9. The van der Waals surface area contributed by atoms with E-state index in [-0.39, 0.29) is 17.4 Å². The van der Waals surface area contributed by atoms with Gasteiger partial charge < -0.3 is 15.7 Å². The molecule has 0 atom stereocenters. The summed E-state index contributed by atoms with van der Waals surface area (Å²) in [5.74, 6) is -0.650. The van der Waals surface area contributed by atoms with Crippen molar-refractivity contribution in [1.29, 1.82) is 0 Å². The molecule has 0 bridgehead atoms. The van der Waals surface area contributed by atoms with E-state index >= 15 is 0 Å². The zero-order chi connectivity index (χ0) is 13.8. The highest BCUT2D eigenvalue weighted by Gasteiger charge is 2.28. The minimum absolute atomic E-state index is 0.101. The molecule has 0 aromatic heterocycles. The number of aromatic carboxylic acids is 1. The molecular weight excluding hydrogens is 244 g/mol. The summed E-state index contributed by atoms with van der Waals surface area (Å²) in [4.78, 5) is 22.5. The molecule has 1 aliphatic carbocycles. The van der Waals surface area contributed by atoms with Crippen molar-refractivity contribution in [3.8, 4) is 0 Å². The molecule has 19 heavy (non-hydrogen) atoms. The molecule has 0 spiro atoms. The first-order valence-corrected chi connectivity index (χ1v) is 6.43. The topological polar surface area (TPSA) is 78.4 Å². The number of rotatable bonds is 6. The van der Waals surface area contributed by atoms with Gasteiger partial charge in [-0.15, -0.1) is 0 Å². The highest BCUT2D eigenvalue weighted by atomic mass is 16.4. The highest BCUT2D eigenvalue weighted by Crippen LogP contribution is 2.28. The van der Waals surface area contributed by atoms with Gasteiger partial charge in [0.1, 0.15) is 0 Å². The van der Waals surface area contributed by atoms with Gasteiger partial charge in [0.05, 0.1) is 5.56 Å². The second-order valence-electron chi connectivity index (χ2n) is 4.85. The number of benzene rings is 1. The third kappa shape index (κ3) is 3.71. The molecule has 0 unspecified atom stereocenters. The number of hydrogen-bond acceptors (Lipinski definition) is 3. The summed E-state index contributed by atoms with van der Waals surface area (Å²) in [5, 5.41) is 15.0. The third-order valence-electron chi connectivity index (χ3n) is 3.09.